The third kappa shape index (κ3) is 3.22. The zero-order chi connectivity index (χ0) is 18.1. The number of nitrogens with two attached hydrogens (primary N) is 1. The molecule has 25 heavy (non-hydrogen) atoms. The van der Waals surface area contributed by atoms with Gasteiger partial charge in [0.15, 0.2) is 5.65 Å². The van der Waals surface area contributed by atoms with E-state index in [9.17, 15) is 0 Å². The molecule has 0 spiro atoms. The minimum Gasteiger partial charge on any atom is -0.497 e. The standard InChI is InChI=1S/C18H22ClN5O/c1-5-10(2)15-9-16-22-18(11(3)17(20)24(16)23-15)21-14-7-6-12(25-4)8-13(14)19/h6-10H,5,20H2,1-4H3,(H,21,22). The van der Waals surface area contributed by atoms with Gasteiger partial charge in [0.2, 0.25) is 0 Å². The minimum atomic E-state index is 0.355. The summed E-state index contributed by atoms with van der Waals surface area (Å²) in [6, 6.07) is 7.42. The molecule has 3 N–H and O–H groups in total. The molecule has 0 radical (unpaired) electrons. The van der Waals surface area contributed by atoms with Gasteiger partial charge in [-0.15, -0.1) is 0 Å². The Kier molecular flexibility index (Phi) is 4.72. The number of methoxy groups -OCH3 is 1. The van der Waals surface area contributed by atoms with Crippen LogP contribution in [0.4, 0.5) is 17.3 Å². The van der Waals surface area contributed by atoms with Gasteiger partial charge in [-0.2, -0.15) is 9.61 Å². The molecule has 132 valence electrons. The largest absolute Gasteiger partial charge is 0.497 e. The van der Waals surface area contributed by atoms with Crippen molar-refractivity contribution in [2.75, 3.05) is 18.2 Å². The van der Waals surface area contributed by atoms with Crippen molar-refractivity contribution in [3.63, 3.8) is 0 Å². The maximum atomic E-state index is 6.31. The number of benzene rings is 1. The number of hydrogen-bond acceptors (Lipinski definition) is 5. The summed E-state index contributed by atoms with van der Waals surface area (Å²) in [5.74, 6) is 2.28. The molecule has 0 aliphatic rings. The normalized spacial score (nSPS) is 12.4. The molecule has 3 rings (SSSR count). The molecule has 6 nitrogen and oxygen atoms in total. The Bertz CT molecular complexity index is 921. The second-order valence-electron chi connectivity index (χ2n) is 6.09. The van der Waals surface area contributed by atoms with Crippen LogP contribution >= 0.6 is 11.6 Å². The van der Waals surface area contributed by atoms with Gasteiger partial charge in [-0.25, -0.2) is 4.98 Å². The molecule has 0 amide bonds. The summed E-state index contributed by atoms with van der Waals surface area (Å²) in [5, 5.41) is 8.40. The van der Waals surface area contributed by atoms with Gasteiger partial charge >= 0.3 is 0 Å². The number of halogens is 1. The lowest BCUT2D eigenvalue weighted by atomic mass is 10.1. The summed E-state index contributed by atoms with van der Waals surface area (Å²) < 4.78 is 6.87. The Morgan fingerprint density at radius 2 is 2.12 bits per heavy atom. The van der Waals surface area contributed by atoms with E-state index in [1.165, 1.54) is 0 Å². The minimum absolute atomic E-state index is 0.355. The molecule has 1 unspecified atom stereocenters. The third-order valence-electron chi connectivity index (χ3n) is 4.45. The van der Waals surface area contributed by atoms with E-state index in [0.717, 1.165) is 23.4 Å². The van der Waals surface area contributed by atoms with Gasteiger partial charge < -0.3 is 15.8 Å². The summed E-state index contributed by atoms with van der Waals surface area (Å²) in [7, 11) is 1.60. The first-order valence-electron chi connectivity index (χ1n) is 8.20. The van der Waals surface area contributed by atoms with Gasteiger partial charge in [0.25, 0.3) is 0 Å². The van der Waals surface area contributed by atoms with Crippen LogP contribution in [0.15, 0.2) is 24.3 Å². The van der Waals surface area contributed by atoms with Crippen molar-refractivity contribution in [1.82, 2.24) is 14.6 Å². The summed E-state index contributed by atoms with van der Waals surface area (Å²) >= 11 is 6.31. The van der Waals surface area contributed by atoms with Crippen LogP contribution in [-0.2, 0) is 0 Å². The molecule has 0 fully saturated rings. The highest BCUT2D eigenvalue weighted by atomic mass is 35.5. The molecule has 0 aliphatic carbocycles. The van der Waals surface area contributed by atoms with Crippen molar-refractivity contribution >= 4 is 34.6 Å². The molecule has 3 aromatic rings. The quantitative estimate of drug-likeness (QED) is 0.699. The topological polar surface area (TPSA) is 77.5 Å². The Morgan fingerprint density at radius 3 is 2.76 bits per heavy atom. The number of ether oxygens (including phenoxy) is 1. The first-order chi connectivity index (χ1) is 11.9. The highest BCUT2D eigenvalue weighted by Crippen LogP contribution is 2.31. The summed E-state index contributed by atoms with van der Waals surface area (Å²) in [5.41, 5.74) is 9.54. The van der Waals surface area contributed by atoms with Crippen LogP contribution in [-0.4, -0.2) is 21.7 Å². The maximum absolute atomic E-state index is 6.31. The molecule has 2 heterocycles. The average molecular weight is 360 g/mol. The lowest BCUT2D eigenvalue weighted by molar-refractivity contribution is 0.415. The van der Waals surface area contributed by atoms with Gasteiger partial charge in [-0.05, 0) is 25.5 Å². The number of rotatable bonds is 5. The third-order valence-corrected chi connectivity index (χ3v) is 4.76. The molecule has 1 aromatic carbocycles. The van der Waals surface area contributed by atoms with E-state index in [1.807, 2.05) is 25.1 Å². The first kappa shape index (κ1) is 17.4. The Labute approximate surface area is 152 Å². The molecule has 1 atom stereocenters. The van der Waals surface area contributed by atoms with Crippen molar-refractivity contribution in [2.24, 2.45) is 0 Å². The zero-order valence-electron chi connectivity index (χ0n) is 14.8. The van der Waals surface area contributed by atoms with Crippen molar-refractivity contribution < 1.29 is 4.74 Å². The monoisotopic (exact) mass is 359 g/mol. The zero-order valence-corrected chi connectivity index (χ0v) is 15.6. The van der Waals surface area contributed by atoms with Crippen LogP contribution in [0, 0.1) is 6.92 Å². The Hall–Kier alpha value is -2.47. The van der Waals surface area contributed by atoms with Crippen LogP contribution in [0.3, 0.4) is 0 Å². The average Bonchev–Trinajstić information content (AvgIpc) is 3.04. The summed E-state index contributed by atoms with van der Waals surface area (Å²) in [6.45, 7) is 6.18. The molecule has 0 saturated carbocycles. The van der Waals surface area contributed by atoms with Gasteiger partial charge in [0.05, 0.1) is 23.5 Å². The fourth-order valence-electron chi connectivity index (χ4n) is 2.55. The highest BCUT2D eigenvalue weighted by molar-refractivity contribution is 6.33. The SMILES string of the molecule is CCC(C)c1cc2nc(Nc3ccc(OC)cc3Cl)c(C)c(N)n2n1. The fourth-order valence-corrected chi connectivity index (χ4v) is 2.77. The summed E-state index contributed by atoms with van der Waals surface area (Å²) in [4.78, 5) is 4.67. The van der Waals surface area contributed by atoms with E-state index >= 15 is 0 Å². The fraction of sp³-hybridized carbons (Fsp3) is 0.333. The van der Waals surface area contributed by atoms with Crippen LogP contribution in [0.2, 0.25) is 5.02 Å². The van der Waals surface area contributed by atoms with E-state index in [1.54, 1.807) is 17.7 Å². The second kappa shape index (κ2) is 6.80. The van der Waals surface area contributed by atoms with Crippen LogP contribution < -0.4 is 15.8 Å². The molecule has 0 bridgehead atoms. The molecule has 0 saturated heterocycles. The van der Waals surface area contributed by atoms with Crippen LogP contribution in [0.25, 0.3) is 5.65 Å². The van der Waals surface area contributed by atoms with E-state index in [0.29, 0.717) is 34.0 Å². The number of hydrogen-bond donors (Lipinski definition) is 2. The number of nitrogens with zero attached hydrogens (tertiary/aromatic N) is 3. The first-order valence-corrected chi connectivity index (χ1v) is 8.58. The number of nitrogens with one attached hydrogen (secondary N) is 1. The van der Waals surface area contributed by atoms with E-state index < -0.39 is 0 Å². The molecule has 0 aliphatic heterocycles. The van der Waals surface area contributed by atoms with Crippen molar-refractivity contribution in [2.45, 2.75) is 33.1 Å². The van der Waals surface area contributed by atoms with Crippen molar-refractivity contribution in [1.29, 1.82) is 0 Å². The van der Waals surface area contributed by atoms with E-state index in [2.05, 4.69) is 29.2 Å². The predicted molar refractivity (Wildman–Crippen MR) is 102 cm³/mol. The van der Waals surface area contributed by atoms with E-state index in [4.69, 9.17) is 22.1 Å². The molecule has 7 heteroatoms. The van der Waals surface area contributed by atoms with Crippen molar-refractivity contribution in [3.8, 4) is 5.75 Å². The smallest absolute Gasteiger partial charge is 0.160 e. The lowest BCUT2D eigenvalue weighted by Crippen LogP contribution is -2.07. The predicted octanol–water partition coefficient (Wildman–Crippen LogP) is 4.54. The van der Waals surface area contributed by atoms with Gasteiger partial charge in [-0.3, -0.25) is 0 Å². The second-order valence-corrected chi connectivity index (χ2v) is 6.50. The van der Waals surface area contributed by atoms with Crippen LogP contribution in [0.5, 0.6) is 5.75 Å². The van der Waals surface area contributed by atoms with E-state index in [-0.39, 0.29) is 0 Å². The lowest BCUT2D eigenvalue weighted by Gasteiger charge is -2.13. The number of fused-ring (bicyclic) bond motifs is 1. The van der Waals surface area contributed by atoms with Crippen LogP contribution in [0.1, 0.15) is 37.4 Å². The number of nitrogen functional groups attached to an aromatic ring is 1. The molecule has 2 aromatic heterocycles. The van der Waals surface area contributed by atoms with Crippen molar-refractivity contribution in [3.05, 3.63) is 40.5 Å². The number of aromatic nitrogens is 3. The number of anilines is 3. The van der Waals surface area contributed by atoms with Gasteiger partial charge in [-0.1, -0.05) is 25.4 Å². The van der Waals surface area contributed by atoms with Gasteiger partial charge in [0, 0.05) is 23.6 Å². The van der Waals surface area contributed by atoms with Gasteiger partial charge in [0.1, 0.15) is 17.4 Å². The molecular weight excluding hydrogens is 338 g/mol. The molecular formula is C18H22ClN5O. The Balaban J connectivity index is 2.03. The Morgan fingerprint density at radius 1 is 1.36 bits per heavy atom. The maximum Gasteiger partial charge on any atom is 0.160 e. The summed E-state index contributed by atoms with van der Waals surface area (Å²) in [6.07, 6.45) is 1.01. The highest BCUT2D eigenvalue weighted by Gasteiger charge is 2.15.